The Balaban J connectivity index is 1.25. The van der Waals surface area contributed by atoms with Gasteiger partial charge in [-0.3, -0.25) is 19.1 Å². The average Bonchev–Trinajstić information content (AvgIpc) is 4.13. The van der Waals surface area contributed by atoms with Crippen molar-refractivity contribution in [2.45, 2.75) is 125 Å². The first-order valence-corrected chi connectivity index (χ1v) is 23.0. The van der Waals surface area contributed by atoms with E-state index < -0.39 is 99.0 Å². The lowest BCUT2D eigenvalue weighted by Crippen LogP contribution is -2.61. The molecule has 4 heterocycles. The van der Waals surface area contributed by atoms with Gasteiger partial charge in [-0.15, -0.1) is 0 Å². The minimum Gasteiger partial charge on any atom is -0.497 e. The molecule has 346 valence electrons. The number of ether oxygens (including phenoxy) is 5. The number of halogens is 3. The van der Waals surface area contributed by atoms with Gasteiger partial charge in [-0.05, 0) is 87.3 Å². The number of amides is 4. The molecule has 3 aliphatic heterocycles. The second-order valence-corrected chi connectivity index (χ2v) is 20.1. The van der Waals surface area contributed by atoms with Gasteiger partial charge in [0.05, 0.1) is 32.1 Å². The third kappa shape index (κ3) is 9.38. The van der Waals surface area contributed by atoms with Crippen molar-refractivity contribution in [3.8, 4) is 17.5 Å². The smallest absolute Gasteiger partial charge is 0.430 e. The van der Waals surface area contributed by atoms with Crippen molar-refractivity contribution in [2.24, 2.45) is 17.8 Å². The second-order valence-electron chi connectivity index (χ2n) is 17.9. The zero-order valence-electron chi connectivity index (χ0n) is 36.0. The van der Waals surface area contributed by atoms with Crippen LogP contribution in [0, 0.1) is 17.8 Å². The summed E-state index contributed by atoms with van der Waals surface area (Å²) in [6.45, 7) is 4.20. The monoisotopic (exact) mass is 907 g/mol. The third-order valence-corrected chi connectivity index (χ3v) is 15.5. The van der Waals surface area contributed by atoms with Crippen LogP contribution in [0.4, 0.5) is 18.0 Å². The number of aromatic nitrogens is 1. The molecule has 8 atom stereocenters. The van der Waals surface area contributed by atoms with Crippen LogP contribution in [0.15, 0.2) is 36.4 Å². The van der Waals surface area contributed by atoms with Crippen LogP contribution < -0.4 is 29.6 Å². The maximum absolute atomic E-state index is 15.1. The van der Waals surface area contributed by atoms with Crippen molar-refractivity contribution in [3.05, 3.63) is 36.4 Å². The van der Waals surface area contributed by atoms with Crippen molar-refractivity contribution in [1.29, 1.82) is 0 Å². The zero-order valence-corrected chi connectivity index (χ0v) is 36.9. The van der Waals surface area contributed by atoms with E-state index in [2.05, 4.69) is 20.3 Å². The SMILES string of the molecule is CCC1CC(C)CCC=CC2CC2(C(=O)NS(=O)(=O)C2(C)CC2)NC(=O)C2CC(Oc3nc(OC)cc4cc(OC)ccc34)CN2C(=O)C1NC(=O)OC1(C(F)(F)F)CCCOC1. The average molecular weight is 908 g/mol. The molecule has 1 aromatic carbocycles. The summed E-state index contributed by atoms with van der Waals surface area (Å²) in [6.07, 6.45) is -1.76. The van der Waals surface area contributed by atoms with Gasteiger partial charge in [-0.1, -0.05) is 32.4 Å². The number of carbonyl (C=O) groups excluding carboxylic acids is 4. The number of nitrogens with zero attached hydrogens (tertiary/aromatic N) is 2. The number of benzene rings is 1. The number of sulfonamides is 1. The first-order chi connectivity index (χ1) is 29.8. The van der Waals surface area contributed by atoms with E-state index >= 15 is 4.79 Å². The van der Waals surface area contributed by atoms with E-state index in [-0.39, 0.29) is 50.1 Å². The molecule has 3 N–H and O–H groups in total. The third-order valence-electron chi connectivity index (χ3n) is 13.4. The fraction of sp³-hybridized carbons (Fsp3) is 0.651. The fourth-order valence-electron chi connectivity index (χ4n) is 8.94. The van der Waals surface area contributed by atoms with E-state index in [4.69, 9.17) is 23.7 Å². The minimum atomic E-state index is -4.98. The summed E-state index contributed by atoms with van der Waals surface area (Å²) in [6, 6.07) is 4.04. The van der Waals surface area contributed by atoms with E-state index in [1.807, 2.05) is 13.0 Å². The van der Waals surface area contributed by atoms with Gasteiger partial charge in [0.15, 0.2) is 0 Å². The predicted molar refractivity (Wildman–Crippen MR) is 221 cm³/mol. The van der Waals surface area contributed by atoms with Crippen LogP contribution in [-0.4, -0.2) is 116 Å². The Morgan fingerprint density at radius 1 is 1.10 bits per heavy atom. The van der Waals surface area contributed by atoms with E-state index in [0.29, 0.717) is 55.0 Å². The quantitative estimate of drug-likeness (QED) is 0.268. The lowest BCUT2D eigenvalue weighted by molar-refractivity contribution is -0.285. The molecule has 2 aromatic rings. The van der Waals surface area contributed by atoms with Crippen LogP contribution in [0.25, 0.3) is 10.8 Å². The Hall–Kier alpha value is -4.85. The van der Waals surface area contributed by atoms with Crippen molar-refractivity contribution >= 4 is 44.6 Å². The second kappa shape index (κ2) is 17.6. The van der Waals surface area contributed by atoms with Crippen LogP contribution in [0.3, 0.4) is 0 Å². The van der Waals surface area contributed by atoms with Crippen molar-refractivity contribution in [2.75, 3.05) is 34.0 Å². The molecule has 2 aliphatic carbocycles. The molecule has 4 amide bonds. The Bertz CT molecular complexity index is 2230. The number of alkyl carbamates (subject to hydrolysis) is 1. The maximum Gasteiger partial charge on any atom is 0.430 e. The van der Waals surface area contributed by atoms with Crippen LogP contribution in [0.2, 0.25) is 0 Å². The molecule has 5 aliphatic rings. The molecule has 8 unspecified atom stereocenters. The van der Waals surface area contributed by atoms with Crippen molar-refractivity contribution in [3.63, 3.8) is 0 Å². The van der Waals surface area contributed by atoms with Crippen LogP contribution in [-0.2, 0) is 33.9 Å². The van der Waals surface area contributed by atoms with Crippen LogP contribution in [0.5, 0.6) is 17.5 Å². The Morgan fingerprint density at radius 3 is 2.51 bits per heavy atom. The number of alkyl halides is 3. The summed E-state index contributed by atoms with van der Waals surface area (Å²) in [7, 11) is -1.16. The number of pyridine rings is 1. The highest BCUT2D eigenvalue weighted by Crippen LogP contribution is 2.48. The van der Waals surface area contributed by atoms with E-state index in [1.54, 1.807) is 37.3 Å². The Morgan fingerprint density at radius 2 is 1.86 bits per heavy atom. The highest BCUT2D eigenvalue weighted by atomic mass is 32.2. The number of nitrogens with one attached hydrogen (secondary N) is 3. The number of hydrogen-bond donors (Lipinski definition) is 3. The lowest BCUT2D eigenvalue weighted by Gasteiger charge is -2.39. The number of rotatable bonds is 10. The molecule has 0 bridgehead atoms. The van der Waals surface area contributed by atoms with Gasteiger partial charge in [0, 0.05) is 36.8 Å². The zero-order chi connectivity index (χ0) is 45.5. The molecular formula is C43H56F3N5O11S. The molecule has 2 saturated heterocycles. The Kier molecular flexibility index (Phi) is 12.9. The molecule has 1 aromatic heterocycles. The summed E-state index contributed by atoms with van der Waals surface area (Å²) in [5.74, 6) is -2.86. The molecule has 20 heteroatoms. The van der Waals surface area contributed by atoms with Crippen LogP contribution >= 0.6 is 0 Å². The van der Waals surface area contributed by atoms with Gasteiger partial charge in [0.2, 0.25) is 39.2 Å². The van der Waals surface area contributed by atoms with Gasteiger partial charge >= 0.3 is 12.3 Å². The number of methoxy groups -OCH3 is 2. The summed E-state index contributed by atoms with van der Waals surface area (Å²) in [5.41, 5.74) is -4.61. The summed E-state index contributed by atoms with van der Waals surface area (Å²) < 4.78 is 98.8. The topological polar surface area (TPSA) is 201 Å². The van der Waals surface area contributed by atoms with Crippen molar-refractivity contribution < 1.29 is 64.5 Å². The highest BCUT2D eigenvalue weighted by Gasteiger charge is 2.63. The van der Waals surface area contributed by atoms with Crippen LogP contribution in [0.1, 0.15) is 85.0 Å². The molecule has 4 fully saturated rings. The lowest BCUT2D eigenvalue weighted by atomic mass is 9.85. The first-order valence-electron chi connectivity index (χ1n) is 21.5. The predicted octanol–water partition coefficient (Wildman–Crippen LogP) is 5.08. The molecule has 7 rings (SSSR count). The van der Waals surface area contributed by atoms with Gasteiger partial charge in [-0.2, -0.15) is 18.2 Å². The van der Waals surface area contributed by atoms with Gasteiger partial charge in [0.1, 0.15) is 29.5 Å². The number of fused-ring (bicyclic) bond motifs is 3. The van der Waals surface area contributed by atoms with E-state index in [0.717, 1.165) is 0 Å². The first kappa shape index (κ1) is 46.2. The molecule has 63 heavy (non-hydrogen) atoms. The van der Waals surface area contributed by atoms with E-state index in [9.17, 15) is 36.0 Å². The van der Waals surface area contributed by atoms with Crippen molar-refractivity contribution in [1.82, 2.24) is 25.2 Å². The molecule has 0 radical (unpaired) electrons. The number of hydrogen-bond acceptors (Lipinski definition) is 12. The standard InChI is InChI=1S/C43H56F3N5O11S/c1-6-26-18-25(2)10-7-8-11-28-22-42(28,38(54)50-63(56,57)40(3)15-16-40)49-35(52)32-21-30(61-36-31-13-12-29(58-4)19-27(31)20-33(47-36)59-5)23-51(32)37(53)34(26)48-39(55)62-41(43(44,45)46)14-9-17-60-24-41/h8,11-13,19-20,25-26,28,30,32,34H,6-7,9-10,14-18,21-24H2,1-5H3,(H,48,55)(H,49,52)(H,50,54). The summed E-state index contributed by atoms with van der Waals surface area (Å²) in [4.78, 5) is 63.3. The summed E-state index contributed by atoms with van der Waals surface area (Å²) in [5, 5.41) is 6.51. The molecule has 0 spiro atoms. The van der Waals surface area contributed by atoms with E-state index in [1.165, 1.54) is 26.0 Å². The molecule has 2 saturated carbocycles. The largest absolute Gasteiger partial charge is 0.497 e. The van der Waals surface area contributed by atoms with Gasteiger partial charge in [-0.25, -0.2) is 13.2 Å². The normalized spacial score (nSPS) is 31.0. The van der Waals surface area contributed by atoms with Gasteiger partial charge < -0.3 is 39.2 Å². The fourth-order valence-corrected chi connectivity index (χ4v) is 10.3. The highest BCUT2D eigenvalue weighted by molar-refractivity contribution is 7.91. The Labute approximate surface area is 364 Å². The molecular weight excluding hydrogens is 852 g/mol. The summed E-state index contributed by atoms with van der Waals surface area (Å²) >= 11 is 0. The number of carbonyl (C=O) groups is 4. The molecule has 16 nitrogen and oxygen atoms in total. The number of allylic oxidation sites excluding steroid dienone is 1. The maximum atomic E-state index is 15.1. The van der Waals surface area contributed by atoms with Gasteiger partial charge in [0.25, 0.3) is 5.91 Å². The minimum absolute atomic E-state index is 0.0127.